The quantitative estimate of drug-likeness (QED) is 0.289. The zero-order valence-electron chi connectivity index (χ0n) is 24.9. The molecule has 0 aliphatic carbocycles. The largest absolute Gasteiger partial charge is 0.494 e. The van der Waals surface area contributed by atoms with Gasteiger partial charge in [-0.05, 0) is 57.0 Å². The number of benzene rings is 2. The Labute approximate surface area is 247 Å². The first-order valence-corrected chi connectivity index (χ1v) is 14.2. The van der Waals surface area contributed by atoms with E-state index in [0.29, 0.717) is 57.3 Å². The Kier molecular flexibility index (Phi) is 10.1. The minimum Gasteiger partial charge on any atom is -0.494 e. The molecule has 11 heteroatoms. The number of hydrogen-bond donors (Lipinski definition) is 2. The summed E-state index contributed by atoms with van der Waals surface area (Å²) >= 11 is 0. The van der Waals surface area contributed by atoms with Gasteiger partial charge in [-0.2, -0.15) is 0 Å². The third-order valence-electron chi connectivity index (χ3n) is 7.41. The Balaban J connectivity index is 1.32. The third kappa shape index (κ3) is 8.21. The molecule has 0 aromatic heterocycles. The highest BCUT2D eigenvalue weighted by atomic mass is 16.5. The number of nitrogens with zero attached hydrogens (tertiary/aromatic N) is 3. The number of β-amino-alcohol motifs (C(OH)–C–C–N with tert-alkyl or cyclic N) is 1. The van der Waals surface area contributed by atoms with Gasteiger partial charge in [0.25, 0.3) is 5.91 Å². The molecule has 11 nitrogen and oxygen atoms in total. The number of aliphatic hydroxyl groups is 1. The molecule has 0 spiro atoms. The molecule has 0 bridgehead atoms. The van der Waals surface area contributed by atoms with Crippen molar-refractivity contribution in [2.75, 3.05) is 59.7 Å². The van der Waals surface area contributed by atoms with Crippen LogP contribution in [0.5, 0.6) is 11.5 Å². The summed E-state index contributed by atoms with van der Waals surface area (Å²) in [6.45, 7) is 8.12. The Morgan fingerprint density at radius 2 is 1.64 bits per heavy atom. The fourth-order valence-corrected chi connectivity index (χ4v) is 5.13. The molecule has 2 aliphatic heterocycles. The van der Waals surface area contributed by atoms with Crippen molar-refractivity contribution in [3.63, 3.8) is 0 Å². The van der Waals surface area contributed by atoms with Crippen LogP contribution in [-0.4, -0.2) is 108 Å². The topological polar surface area (TPSA) is 121 Å². The van der Waals surface area contributed by atoms with E-state index in [1.165, 1.54) is 12.0 Å². The first-order chi connectivity index (χ1) is 20.0. The summed E-state index contributed by atoms with van der Waals surface area (Å²) in [7, 11) is 1.48. The summed E-state index contributed by atoms with van der Waals surface area (Å²) in [5, 5.41) is 14.3. The fourth-order valence-electron chi connectivity index (χ4n) is 5.13. The number of carbonyl (C=O) groups is 3. The molecular formula is C31H42N4O7. The molecule has 4 amide bonds. The molecule has 2 saturated heterocycles. The van der Waals surface area contributed by atoms with Crippen molar-refractivity contribution in [3.8, 4) is 11.5 Å². The SMILES string of the molecule is COCC(=O)N1CCN(Cc2ccc(OCCCN3C(=O)NC(C)(C)C3=O)cc2)C[C@@](O)(COc2ccc(C)cc2)C1. The number of ether oxygens (including phenoxy) is 3. The van der Waals surface area contributed by atoms with Crippen LogP contribution in [0.2, 0.25) is 0 Å². The minimum atomic E-state index is -1.28. The maximum absolute atomic E-state index is 12.7. The van der Waals surface area contributed by atoms with Gasteiger partial charge in [0, 0.05) is 39.8 Å². The van der Waals surface area contributed by atoms with Gasteiger partial charge in [0.2, 0.25) is 5.91 Å². The molecule has 0 saturated carbocycles. The molecule has 228 valence electrons. The minimum absolute atomic E-state index is 0.0400. The summed E-state index contributed by atoms with van der Waals surface area (Å²) in [4.78, 5) is 42.0. The van der Waals surface area contributed by atoms with Crippen molar-refractivity contribution in [2.45, 2.75) is 44.9 Å². The highest BCUT2D eigenvalue weighted by Gasteiger charge is 2.43. The third-order valence-corrected chi connectivity index (χ3v) is 7.41. The zero-order chi connectivity index (χ0) is 30.3. The number of aryl methyl sites for hydroxylation is 1. The van der Waals surface area contributed by atoms with Crippen LogP contribution < -0.4 is 14.8 Å². The van der Waals surface area contributed by atoms with Crippen molar-refractivity contribution in [1.29, 1.82) is 0 Å². The first kappa shape index (κ1) is 31.3. The van der Waals surface area contributed by atoms with E-state index >= 15 is 0 Å². The van der Waals surface area contributed by atoms with Gasteiger partial charge in [0.05, 0.1) is 13.2 Å². The van der Waals surface area contributed by atoms with E-state index in [4.69, 9.17) is 14.2 Å². The summed E-state index contributed by atoms with van der Waals surface area (Å²) < 4.78 is 16.8. The molecule has 2 fully saturated rings. The number of imide groups is 1. The van der Waals surface area contributed by atoms with E-state index in [-0.39, 0.29) is 37.6 Å². The molecule has 2 aromatic rings. The molecule has 2 aliphatic rings. The second kappa shape index (κ2) is 13.5. The van der Waals surface area contributed by atoms with Crippen molar-refractivity contribution < 1.29 is 33.7 Å². The lowest BCUT2D eigenvalue weighted by atomic mass is 10.0. The van der Waals surface area contributed by atoms with Gasteiger partial charge < -0.3 is 29.5 Å². The highest BCUT2D eigenvalue weighted by Crippen LogP contribution is 2.22. The average Bonchev–Trinajstić information content (AvgIpc) is 3.05. The number of urea groups is 1. The molecule has 2 N–H and O–H groups in total. The summed E-state index contributed by atoms with van der Waals surface area (Å²) in [6, 6.07) is 15.0. The molecule has 42 heavy (non-hydrogen) atoms. The van der Waals surface area contributed by atoms with Crippen LogP contribution in [0.4, 0.5) is 4.79 Å². The normalized spacial score (nSPS) is 20.8. The summed E-state index contributed by atoms with van der Waals surface area (Å²) in [5.74, 6) is 0.944. The summed E-state index contributed by atoms with van der Waals surface area (Å²) in [5.41, 5.74) is -0.00657. The second-order valence-electron chi connectivity index (χ2n) is 11.6. The van der Waals surface area contributed by atoms with Crippen LogP contribution >= 0.6 is 0 Å². The molecule has 4 rings (SSSR count). The van der Waals surface area contributed by atoms with Gasteiger partial charge in [-0.3, -0.25) is 19.4 Å². The lowest BCUT2D eigenvalue weighted by Gasteiger charge is -2.33. The smallest absolute Gasteiger partial charge is 0.325 e. The number of rotatable bonds is 12. The predicted octanol–water partition coefficient (Wildman–Crippen LogP) is 2.20. The number of amides is 4. The Morgan fingerprint density at radius 1 is 0.976 bits per heavy atom. The monoisotopic (exact) mass is 582 g/mol. The van der Waals surface area contributed by atoms with E-state index in [0.717, 1.165) is 11.1 Å². The zero-order valence-corrected chi connectivity index (χ0v) is 24.9. The van der Waals surface area contributed by atoms with Crippen molar-refractivity contribution in [2.24, 2.45) is 0 Å². The van der Waals surface area contributed by atoms with Crippen molar-refractivity contribution in [3.05, 3.63) is 59.7 Å². The van der Waals surface area contributed by atoms with E-state index in [1.807, 2.05) is 55.5 Å². The number of hydrogen-bond acceptors (Lipinski definition) is 8. The van der Waals surface area contributed by atoms with Gasteiger partial charge in [0.15, 0.2) is 0 Å². The number of methoxy groups -OCH3 is 1. The van der Waals surface area contributed by atoms with Crippen molar-refractivity contribution >= 4 is 17.8 Å². The van der Waals surface area contributed by atoms with Crippen LogP contribution in [-0.2, 0) is 20.9 Å². The molecule has 2 heterocycles. The summed E-state index contributed by atoms with van der Waals surface area (Å²) in [6.07, 6.45) is 0.520. The predicted molar refractivity (Wildman–Crippen MR) is 156 cm³/mol. The molecular weight excluding hydrogens is 540 g/mol. The van der Waals surface area contributed by atoms with Crippen LogP contribution in [0.3, 0.4) is 0 Å². The Hall–Kier alpha value is -3.67. The Bertz CT molecular complexity index is 1230. The average molecular weight is 583 g/mol. The van der Waals surface area contributed by atoms with Gasteiger partial charge in [-0.15, -0.1) is 0 Å². The fraction of sp³-hybridized carbons (Fsp3) is 0.516. The lowest BCUT2D eigenvalue weighted by molar-refractivity contribution is -0.138. The maximum Gasteiger partial charge on any atom is 0.325 e. The van der Waals surface area contributed by atoms with Crippen LogP contribution in [0.25, 0.3) is 0 Å². The second-order valence-corrected chi connectivity index (χ2v) is 11.6. The first-order valence-electron chi connectivity index (χ1n) is 14.2. The van der Waals surface area contributed by atoms with Crippen LogP contribution in [0, 0.1) is 6.92 Å². The van der Waals surface area contributed by atoms with E-state index in [2.05, 4.69) is 10.2 Å². The molecule has 0 unspecified atom stereocenters. The van der Waals surface area contributed by atoms with Crippen LogP contribution in [0.15, 0.2) is 48.5 Å². The standard InChI is InChI=1S/C31H42N4O7/c1-23-6-10-26(11-7-23)42-22-31(39)20-33(15-16-34(21-31)27(36)19-40-4)18-24-8-12-25(13-9-24)41-17-5-14-35-28(37)30(2,3)32-29(35)38/h6-13,39H,5,14-22H2,1-4H3,(H,32,38)/t31-/m0/s1. The molecule has 2 aromatic carbocycles. The van der Waals surface area contributed by atoms with E-state index in [1.54, 1.807) is 18.7 Å². The van der Waals surface area contributed by atoms with E-state index < -0.39 is 11.1 Å². The van der Waals surface area contributed by atoms with Gasteiger partial charge >= 0.3 is 6.03 Å². The van der Waals surface area contributed by atoms with Gasteiger partial charge in [-0.25, -0.2) is 4.79 Å². The lowest BCUT2D eigenvalue weighted by Crippen LogP contribution is -2.52. The maximum atomic E-state index is 12.7. The Morgan fingerprint density at radius 3 is 2.29 bits per heavy atom. The number of nitrogens with one attached hydrogen (secondary N) is 1. The molecule has 0 radical (unpaired) electrons. The highest BCUT2D eigenvalue weighted by molar-refractivity contribution is 6.06. The van der Waals surface area contributed by atoms with Gasteiger partial charge in [0.1, 0.15) is 35.9 Å². The van der Waals surface area contributed by atoms with Crippen molar-refractivity contribution in [1.82, 2.24) is 20.0 Å². The van der Waals surface area contributed by atoms with Crippen LogP contribution in [0.1, 0.15) is 31.4 Å². The molecule has 1 atom stereocenters. The van der Waals surface area contributed by atoms with Gasteiger partial charge in [-0.1, -0.05) is 29.8 Å². The van der Waals surface area contributed by atoms with E-state index in [9.17, 15) is 19.5 Å². The number of carbonyl (C=O) groups excluding carboxylic acids is 3.